The van der Waals surface area contributed by atoms with Crippen molar-refractivity contribution in [1.82, 2.24) is 0 Å². The predicted octanol–water partition coefficient (Wildman–Crippen LogP) is 2.69. The molecule has 1 heterocycles. The summed E-state index contributed by atoms with van der Waals surface area (Å²) in [6.45, 7) is 0. The molecule has 3 nitrogen and oxygen atoms in total. The molecule has 0 aliphatic heterocycles. The molecule has 0 aliphatic carbocycles. The molecule has 12 heavy (non-hydrogen) atoms. The Morgan fingerprint density at radius 3 is 1.83 bits per heavy atom. The Morgan fingerprint density at radius 1 is 1.00 bits per heavy atom. The van der Waals surface area contributed by atoms with Gasteiger partial charge in [0.05, 0.1) is 10.0 Å². The van der Waals surface area contributed by atoms with Crippen LogP contribution >= 0.6 is 23.2 Å². The van der Waals surface area contributed by atoms with E-state index in [4.69, 9.17) is 23.2 Å². The maximum Gasteiger partial charge on any atom is 0.519 e. The summed E-state index contributed by atoms with van der Waals surface area (Å²) in [6, 6.07) is 2.87. The summed E-state index contributed by atoms with van der Waals surface area (Å²) < 4.78 is 9.28. The van der Waals surface area contributed by atoms with Gasteiger partial charge in [-0.3, -0.25) is 0 Å². The van der Waals surface area contributed by atoms with Gasteiger partial charge in [0, 0.05) is 12.1 Å². The largest absolute Gasteiger partial charge is 0.519 e. The van der Waals surface area contributed by atoms with Crippen LogP contribution in [0, 0.1) is 0 Å². The van der Waals surface area contributed by atoms with E-state index < -0.39 is 5.82 Å². The van der Waals surface area contributed by atoms with E-state index in [1.165, 1.54) is 12.1 Å². The quantitative estimate of drug-likeness (QED) is 0.663. The van der Waals surface area contributed by atoms with Crippen LogP contribution < -0.4 is 5.82 Å². The fraction of sp³-hybridized carbons (Fsp3) is 0. The van der Waals surface area contributed by atoms with Gasteiger partial charge in [-0.1, -0.05) is 23.2 Å². The van der Waals surface area contributed by atoms with Crippen molar-refractivity contribution in [2.24, 2.45) is 0 Å². The first-order valence-corrected chi connectivity index (χ1v) is 3.81. The second-order valence-corrected chi connectivity index (χ2v) is 2.98. The highest BCUT2D eigenvalue weighted by atomic mass is 35.5. The molecule has 0 saturated heterocycles. The number of rotatable bonds is 0. The van der Waals surface area contributed by atoms with Crippen LogP contribution in [-0.4, -0.2) is 0 Å². The van der Waals surface area contributed by atoms with E-state index in [-0.39, 0.29) is 0 Å². The zero-order valence-electron chi connectivity index (χ0n) is 5.64. The fourth-order valence-electron chi connectivity index (χ4n) is 0.870. The van der Waals surface area contributed by atoms with Crippen molar-refractivity contribution in [3.8, 4) is 0 Å². The van der Waals surface area contributed by atoms with Gasteiger partial charge >= 0.3 is 5.82 Å². The van der Waals surface area contributed by atoms with Crippen LogP contribution in [0.25, 0.3) is 11.2 Å². The van der Waals surface area contributed by atoms with Crippen LogP contribution in [0.4, 0.5) is 0 Å². The van der Waals surface area contributed by atoms with E-state index in [0.717, 1.165) is 0 Å². The lowest BCUT2D eigenvalue weighted by atomic mass is 10.3. The number of hydrogen-bond donors (Lipinski definition) is 0. The van der Waals surface area contributed by atoms with Crippen molar-refractivity contribution < 1.29 is 8.83 Å². The topological polar surface area (TPSA) is 43.4 Å². The first-order chi connectivity index (χ1) is 5.66. The minimum atomic E-state index is -0.761. The van der Waals surface area contributed by atoms with Gasteiger partial charge in [-0.25, -0.2) is 4.79 Å². The second-order valence-electron chi connectivity index (χ2n) is 2.17. The van der Waals surface area contributed by atoms with Gasteiger partial charge < -0.3 is 8.83 Å². The number of hydrogen-bond acceptors (Lipinski definition) is 3. The van der Waals surface area contributed by atoms with Gasteiger partial charge in [0.25, 0.3) is 0 Å². The fourth-order valence-corrected chi connectivity index (χ4v) is 1.18. The van der Waals surface area contributed by atoms with Gasteiger partial charge in [0.1, 0.15) is 0 Å². The highest BCUT2D eigenvalue weighted by Gasteiger charge is 2.06. The molecule has 0 amide bonds. The molecule has 0 aliphatic rings. The molecule has 0 radical (unpaired) electrons. The molecule has 0 atom stereocenters. The van der Waals surface area contributed by atoms with Gasteiger partial charge in [-0.15, -0.1) is 0 Å². The molecule has 0 spiro atoms. The molecular weight excluding hydrogens is 203 g/mol. The van der Waals surface area contributed by atoms with Crippen LogP contribution in [0.3, 0.4) is 0 Å². The average molecular weight is 205 g/mol. The second kappa shape index (κ2) is 2.54. The maximum absolute atomic E-state index is 10.6. The molecule has 0 saturated carbocycles. The van der Waals surface area contributed by atoms with Crippen molar-refractivity contribution >= 4 is 34.4 Å². The lowest BCUT2D eigenvalue weighted by Gasteiger charge is -1.90. The van der Waals surface area contributed by atoms with Crippen molar-refractivity contribution in [3.05, 3.63) is 32.8 Å². The van der Waals surface area contributed by atoms with Crippen molar-refractivity contribution in [1.29, 1.82) is 0 Å². The van der Waals surface area contributed by atoms with E-state index in [9.17, 15) is 4.79 Å². The van der Waals surface area contributed by atoms with Gasteiger partial charge in [0.15, 0.2) is 11.2 Å². The Hall–Kier alpha value is -0.930. The third-order valence-corrected chi connectivity index (χ3v) is 2.10. The highest BCUT2D eigenvalue weighted by Crippen LogP contribution is 2.26. The number of halogens is 2. The number of fused-ring (bicyclic) bond motifs is 1. The molecule has 0 N–H and O–H groups in total. The van der Waals surface area contributed by atoms with Gasteiger partial charge in [0.2, 0.25) is 0 Å². The lowest BCUT2D eigenvalue weighted by molar-refractivity contribution is 0.409. The maximum atomic E-state index is 10.6. The standard InChI is InChI=1S/C7H2Cl2O3/c8-3-1-5-6(2-4(3)9)12-7(10)11-5/h1-2H. The first kappa shape index (κ1) is 7.71. The van der Waals surface area contributed by atoms with Crippen LogP contribution in [0.2, 0.25) is 10.0 Å². The summed E-state index contributed by atoms with van der Waals surface area (Å²) in [6.07, 6.45) is 0. The molecule has 1 aromatic carbocycles. The number of benzene rings is 1. The molecular formula is C7H2Cl2O3. The highest BCUT2D eigenvalue weighted by molar-refractivity contribution is 6.42. The summed E-state index contributed by atoms with van der Waals surface area (Å²) in [7, 11) is 0. The molecule has 62 valence electrons. The van der Waals surface area contributed by atoms with Crippen LogP contribution in [0.1, 0.15) is 0 Å². The monoisotopic (exact) mass is 204 g/mol. The third-order valence-electron chi connectivity index (χ3n) is 1.37. The van der Waals surface area contributed by atoms with E-state index in [0.29, 0.717) is 21.2 Å². The Kier molecular flexibility index (Phi) is 1.63. The van der Waals surface area contributed by atoms with E-state index in [2.05, 4.69) is 8.83 Å². The van der Waals surface area contributed by atoms with E-state index in [1.807, 2.05) is 0 Å². The minimum absolute atomic E-state index is 0.300. The smallest absolute Gasteiger partial charge is 0.391 e. The molecule has 5 heteroatoms. The SMILES string of the molecule is O=c1oc2cc(Cl)c(Cl)cc2o1. The zero-order valence-corrected chi connectivity index (χ0v) is 7.15. The Balaban J connectivity index is 2.92. The van der Waals surface area contributed by atoms with E-state index >= 15 is 0 Å². The molecule has 0 unspecified atom stereocenters. The van der Waals surface area contributed by atoms with Crippen LogP contribution in [0.5, 0.6) is 0 Å². The van der Waals surface area contributed by atoms with Gasteiger partial charge in [-0.2, -0.15) is 0 Å². The van der Waals surface area contributed by atoms with Crippen molar-refractivity contribution in [2.45, 2.75) is 0 Å². The molecule has 2 aromatic rings. The molecule has 1 aromatic heterocycles. The third kappa shape index (κ3) is 1.11. The molecule has 2 rings (SSSR count). The Morgan fingerprint density at radius 2 is 1.42 bits per heavy atom. The summed E-state index contributed by atoms with van der Waals surface area (Å²) in [5.74, 6) is -0.761. The summed E-state index contributed by atoms with van der Waals surface area (Å²) in [5, 5.41) is 0.655. The Labute approximate surface area is 76.5 Å². The van der Waals surface area contributed by atoms with Crippen LogP contribution in [0.15, 0.2) is 25.8 Å². The zero-order chi connectivity index (χ0) is 8.72. The summed E-state index contributed by atoms with van der Waals surface area (Å²) in [5.41, 5.74) is 0.601. The Bertz CT molecular complexity index is 441. The van der Waals surface area contributed by atoms with Crippen molar-refractivity contribution in [2.75, 3.05) is 0 Å². The summed E-state index contributed by atoms with van der Waals surface area (Å²) in [4.78, 5) is 10.6. The predicted molar refractivity (Wildman–Crippen MR) is 44.8 cm³/mol. The molecule has 0 bridgehead atoms. The van der Waals surface area contributed by atoms with Crippen molar-refractivity contribution in [3.63, 3.8) is 0 Å². The van der Waals surface area contributed by atoms with Crippen LogP contribution in [-0.2, 0) is 0 Å². The normalized spacial score (nSPS) is 10.8. The minimum Gasteiger partial charge on any atom is -0.391 e. The first-order valence-electron chi connectivity index (χ1n) is 3.05. The molecule has 0 fully saturated rings. The average Bonchev–Trinajstić information content (AvgIpc) is 2.30. The summed E-state index contributed by atoms with van der Waals surface area (Å²) >= 11 is 11.3. The van der Waals surface area contributed by atoms with E-state index in [1.54, 1.807) is 0 Å². The lowest BCUT2D eigenvalue weighted by Crippen LogP contribution is -1.84. The van der Waals surface area contributed by atoms with Gasteiger partial charge in [-0.05, 0) is 0 Å².